The number of aromatic nitrogens is 2. The number of H-pyrrole nitrogens is 1. The van der Waals surface area contributed by atoms with Crippen LogP contribution in [-0.2, 0) is 12.8 Å². The molecule has 0 saturated heterocycles. The first-order valence-electron chi connectivity index (χ1n) is 6.55. The Hall–Kier alpha value is -2.13. The van der Waals surface area contributed by atoms with Gasteiger partial charge >= 0.3 is 0 Å². The minimum atomic E-state index is 0.698. The van der Waals surface area contributed by atoms with Crippen LogP contribution in [0.2, 0.25) is 0 Å². The zero-order valence-electron chi connectivity index (χ0n) is 10.8. The number of hydrogen-bond donors (Lipinski definition) is 2. The van der Waals surface area contributed by atoms with Crippen molar-refractivity contribution in [2.45, 2.75) is 12.8 Å². The standard InChI is InChI=1S/C16H17N3/c17-7-6-12-2-1-3-13(8-12)9-14-4-5-15-16(10-14)19-11-18-15/h1-5,8,10-11H,6-7,9,17H2,(H,18,19). The lowest BCUT2D eigenvalue weighted by Crippen LogP contribution is -2.03. The van der Waals surface area contributed by atoms with Crippen molar-refractivity contribution in [3.63, 3.8) is 0 Å². The summed E-state index contributed by atoms with van der Waals surface area (Å²) in [4.78, 5) is 7.39. The summed E-state index contributed by atoms with van der Waals surface area (Å²) in [6.45, 7) is 0.698. The third-order valence-corrected chi connectivity index (χ3v) is 3.32. The minimum absolute atomic E-state index is 0.698. The van der Waals surface area contributed by atoms with Gasteiger partial charge in [-0.25, -0.2) is 4.98 Å². The van der Waals surface area contributed by atoms with E-state index in [1.165, 1.54) is 16.7 Å². The van der Waals surface area contributed by atoms with Gasteiger partial charge in [-0.3, -0.25) is 0 Å². The van der Waals surface area contributed by atoms with E-state index < -0.39 is 0 Å². The van der Waals surface area contributed by atoms with Crippen molar-refractivity contribution in [1.82, 2.24) is 9.97 Å². The first-order chi connectivity index (χ1) is 9.35. The van der Waals surface area contributed by atoms with Gasteiger partial charge in [-0.15, -0.1) is 0 Å². The van der Waals surface area contributed by atoms with E-state index in [0.29, 0.717) is 6.54 Å². The summed E-state index contributed by atoms with van der Waals surface area (Å²) in [6.07, 6.45) is 3.61. The first kappa shape index (κ1) is 11.9. The molecule has 3 rings (SSSR count). The van der Waals surface area contributed by atoms with E-state index >= 15 is 0 Å². The van der Waals surface area contributed by atoms with Gasteiger partial charge in [0.05, 0.1) is 17.4 Å². The van der Waals surface area contributed by atoms with Gasteiger partial charge in [0.15, 0.2) is 0 Å². The van der Waals surface area contributed by atoms with E-state index in [1.807, 2.05) is 0 Å². The molecule has 1 aromatic heterocycles. The molecule has 19 heavy (non-hydrogen) atoms. The molecule has 0 aliphatic heterocycles. The largest absolute Gasteiger partial charge is 0.345 e. The fraction of sp³-hybridized carbons (Fsp3) is 0.188. The van der Waals surface area contributed by atoms with E-state index in [-0.39, 0.29) is 0 Å². The fourth-order valence-corrected chi connectivity index (χ4v) is 2.39. The monoisotopic (exact) mass is 251 g/mol. The van der Waals surface area contributed by atoms with Crippen molar-refractivity contribution >= 4 is 11.0 Å². The molecule has 2 aromatic carbocycles. The van der Waals surface area contributed by atoms with Crippen molar-refractivity contribution in [2.75, 3.05) is 6.54 Å². The van der Waals surface area contributed by atoms with Crippen molar-refractivity contribution in [2.24, 2.45) is 5.73 Å². The lowest BCUT2D eigenvalue weighted by molar-refractivity contribution is 0.964. The highest BCUT2D eigenvalue weighted by Gasteiger charge is 2.01. The molecule has 0 bridgehead atoms. The van der Waals surface area contributed by atoms with Crippen LogP contribution in [0.3, 0.4) is 0 Å². The van der Waals surface area contributed by atoms with E-state index in [2.05, 4.69) is 52.4 Å². The van der Waals surface area contributed by atoms with Gasteiger partial charge in [-0.2, -0.15) is 0 Å². The zero-order chi connectivity index (χ0) is 13.1. The van der Waals surface area contributed by atoms with Gasteiger partial charge in [-0.05, 0) is 48.2 Å². The first-order valence-corrected chi connectivity index (χ1v) is 6.55. The molecular formula is C16H17N3. The molecule has 0 unspecified atom stereocenters. The maximum atomic E-state index is 5.60. The number of hydrogen-bond acceptors (Lipinski definition) is 2. The molecular weight excluding hydrogens is 234 g/mol. The Balaban J connectivity index is 1.85. The van der Waals surface area contributed by atoms with Gasteiger partial charge in [0.2, 0.25) is 0 Å². The third kappa shape index (κ3) is 2.66. The van der Waals surface area contributed by atoms with Gasteiger partial charge in [0.25, 0.3) is 0 Å². The number of imidazole rings is 1. The Morgan fingerprint density at radius 1 is 1.00 bits per heavy atom. The molecule has 0 amide bonds. The fourth-order valence-electron chi connectivity index (χ4n) is 2.39. The average molecular weight is 251 g/mol. The number of rotatable bonds is 4. The minimum Gasteiger partial charge on any atom is -0.345 e. The summed E-state index contributed by atoms with van der Waals surface area (Å²) in [5.41, 5.74) is 11.6. The lowest BCUT2D eigenvalue weighted by Gasteiger charge is -2.05. The molecule has 0 atom stereocenters. The summed E-state index contributed by atoms with van der Waals surface area (Å²) in [5, 5.41) is 0. The van der Waals surface area contributed by atoms with Gasteiger partial charge in [-0.1, -0.05) is 30.3 Å². The van der Waals surface area contributed by atoms with E-state index in [4.69, 9.17) is 5.73 Å². The van der Waals surface area contributed by atoms with Crippen LogP contribution in [0.5, 0.6) is 0 Å². The van der Waals surface area contributed by atoms with Crippen LogP contribution in [-0.4, -0.2) is 16.5 Å². The molecule has 3 heteroatoms. The maximum absolute atomic E-state index is 5.60. The van der Waals surface area contributed by atoms with Crippen LogP contribution in [0.1, 0.15) is 16.7 Å². The van der Waals surface area contributed by atoms with Crippen molar-refractivity contribution < 1.29 is 0 Å². The Kier molecular flexibility index (Phi) is 3.29. The second kappa shape index (κ2) is 5.24. The Bertz CT molecular complexity index is 685. The van der Waals surface area contributed by atoms with Crippen LogP contribution < -0.4 is 5.73 Å². The van der Waals surface area contributed by atoms with E-state index in [0.717, 1.165) is 23.9 Å². The van der Waals surface area contributed by atoms with E-state index in [1.54, 1.807) is 6.33 Å². The third-order valence-electron chi connectivity index (χ3n) is 3.32. The Morgan fingerprint density at radius 3 is 2.74 bits per heavy atom. The molecule has 3 aromatic rings. The summed E-state index contributed by atoms with van der Waals surface area (Å²) in [6, 6.07) is 15.0. The summed E-state index contributed by atoms with van der Waals surface area (Å²) in [7, 11) is 0. The molecule has 0 saturated carbocycles. The normalized spacial score (nSPS) is 11.0. The van der Waals surface area contributed by atoms with Crippen LogP contribution in [0.25, 0.3) is 11.0 Å². The molecule has 0 spiro atoms. The quantitative estimate of drug-likeness (QED) is 0.749. The molecule has 96 valence electrons. The topological polar surface area (TPSA) is 54.7 Å². The highest BCUT2D eigenvalue weighted by atomic mass is 14.9. The number of nitrogens with zero attached hydrogens (tertiary/aromatic N) is 1. The highest BCUT2D eigenvalue weighted by Crippen LogP contribution is 2.16. The molecule has 0 aliphatic rings. The van der Waals surface area contributed by atoms with Gasteiger partial charge < -0.3 is 10.7 Å². The number of nitrogens with two attached hydrogens (primary N) is 1. The Labute approximate surface area is 112 Å². The summed E-state index contributed by atoms with van der Waals surface area (Å²) in [5.74, 6) is 0. The van der Waals surface area contributed by atoms with Gasteiger partial charge in [0.1, 0.15) is 0 Å². The predicted octanol–water partition coefficient (Wildman–Crippen LogP) is 2.65. The van der Waals surface area contributed by atoms with Crippen molar-refractivity contribution in [1.29, 1.82) is 0 Å². The van der Waals surface area contributed by atoms with Crippen molar-refractivity contribution in [3.05, 3.63) is 65.5 Å². The number of fused-ring (bicyclic) bond motifs is 1. The smallest absolute Gasteiger partial charge is 0.0931 e. The summed E-state index contributed by atoms with van der Waals surface area (Å²) < 4.78 is 0. The van der Waals surface area contributed by atoms with Crippen LogP contribution >= 0.6 is 0 Å². The molecule has 0 aliphatic carbocycles. The van der Waals surface area contributed by atoms with Crippen molar-refractivity contribution in [3.8, 4) is 0 Å². The zero-order valence-corrected chi connectivity index (χ0v) is 10.8. The van der Waals surface area contributed by atoms with Gasteiger partial charge in [0, 0.05) is 0 Å². The molecule has 0 radical (unpaired) electrons. The molecule has 3 nitrogen and oxygen atoms in total. The average Bonchev–Trinajstić information content (AvgIpc) is 2.87. The number of nitrogens with one attached hydrogen (secondary N) is 1. The van der Waals surface area contributed by atoms with Crippen LogP contribution in [0, 0.1) is 0 Å². The van der Waals surface area contributed by atoms with E-state index in [9.17, 15) is 0 Å². The second-order valence-electron chi connectivity index (χ2n) is 4.79. The van der Waals surface area contributed by atoms with Crippen LogP contribution in [0.4, 0.5) is 0 Å². The molecule has 1 heterocycles. The summed E-state index contributed by atoms with van der Waals surface area (Å²) >= 11 is 0. The van der Waals surface area contributed by atoms with Crippen LogP contribution in [0.15, 0.2) is 48.8 Å². The number of benzene rings is 2. The second-order valence-corrected chi connectivity index (χ2v) is 4.79. The Morgan fingerprint density at radius 2 is 1.84 bits per heavy atom. The molecule has 0 fully saturated rings. The maximum Gasteiger partial charge on any atom is 0.0931 e. The predicted molar refractivity (Wildman–Crippen MR) is 78.1 cm³/mol. The lowest BCUT2D eigenvalue weighted by atomic mass is 10.0. The SMILES string of the molecule is NCCc1cccc(Cc2ccc3nc[nH]c3c2)c1. The highest BCUT2D eigenvalue weighted by molar-refractivity contribution is 5.75. The molecule has 3 N–H and O–H groups in total. The number of aromatic amines is 1.